The maximum absolute atomic E-state index is 12.4. The van der Waals surface area contributed by atoms with E-state index in [1.807, 2.05) is 42.5 Å². The maximum atomic E-state index is 12.4. The lowest BCUT2D eigenvalue weighted by atomic mass is 10.2. The van der Waals surface area contributed by atoms with Crippen LogP contribution in [-0.2, 0) is 27.8 Å². The quantitative estimate of drug-likeness (QED) is 0.615. The highest BCUT2D eigenvalue weighted by atomic mass is 32.2. The van der Waals surface area contributed by atoms with E-state index in [4.69, 9.17) is 4.42 Å². The number of benzene rings is 2. The van der Waals surface area contributed by atoms with Crippen LogP contribution in [0.2, 0.25) is 0 Å². The largest absolute Gasteiger partial charge is 0.461 e. The third-order valence-electron chi connectivity index (χ3n) is 4.53. The minimum Gasteiger partial charge on any atom is -0.461 e. The predicted molar refractivity (Wildman–Crippen MR) is 112 cm³/mol. The highest BCUT2D eigenvalue weighted by Crippen LogP contribution is 2.22. The second kappa shape index (κ2) is 9.07. The van der Waals surface area contributed by atoms with Gasteiger partial charge in [-0.25, -0.2) is 12.7 Å². The Bertz CT molecular complexity index is 1070. The molecule has 0 bridgehead atoms. The van der Waals surface area contributed by atoms with Gasteiger partial charge in [-0.15, -0.1) is 0 Å². The Balaban J connectivity index is 1.57. The first kappa shape index (κ1) is 20.8. The number of furan rings is 1. The smallest absolute Gasteiger partial charge is 0.242 e. The summed E-state index contributed by atoms with van der Waals surface area (Å²) in [6.45, 7) is 0.148. The van der Waals surface area contributed by atoms with Crippen LogP contribution in [0.15, 0.2) is 76.0 Å². The molecular weight excluding hydrogens is 388 g/mol. The van der Waals surface area contributed by atoms with Gasteiger partial charge in [-0.2, -0.15) is 0 Å². The van der Waals surface area contributed by atoms with Crippen molar-refractivity contribution in [2.45, 2.75) is 24.3 Å². The number of sulfonamides is 1. The summed E-state index contributed by atoms with van der Waals surface area (Å²) in [4.78, 5) is 12.4. The maximum Gasteiger partial charge on any atom is 0.242 e. The second-order valence-corrected chi connectivity index (χ2v) is 8.92. The zero-order valence-electron chi connectivity index (χ0n) is 16.5. The van der Waals surface area contributed by atoms with Gasteiger partial charge in [0, 0.05) is 39.0 Å². The summed E-state index contributed by atoms with van der Waals surface area (Å²) in [6.07, 6.45) is 0.723. The van der Waals surface area contributed by atoms with Gasteiger partial charge in [0.05, 0.1) is 4.90 Å². The molecule has 3 aromatic rings. The molecule has 1 N–H and O–H groups in total. The fourth-order valence-electron chi connectivity index (χ4n) is 2.89. The minimum absolute atomic E-state index is 0.148. The monoisotopic (exact) mass is 412 g/mol. The molecule has 1 amide bonds. The van der Waals surface area contributed by atoms with Crippen LogP contribution < -0.4 is 5.32 Å². The molecule has 0 spiro atoms. The normalized spacial score (nSPS) is 11.6. The molecule has 29 heavy (non-hydrogen) atoms. The van der Waals surface area contributed by atoms with Crippen LogP contribution in [0, 0.1) is 0 Å². The lowest BCUT2D eigenvalue weighted by Gasteiger charge is -2.15. The molecule has 6 nitrogen and oxygen atoms in total. The molecule has 2 aromatic carbocycles. The standard InChI is InChI=1S/C22H24N2O4S/c1-24(2)29(26,27)21-11-7-6-10-18(21)16-23-22(25)15-13-19-12-14-20(28-19)17-8-4-3-5-9-17/h3-12,14H,13,15-16H2,1-2H3,(H,23,25). The van der Waals surface area contributed by atoms with E-state index in [2.05, 4.69) is 5.32 Å². The van der Waals surface area contributed by atoms with Crippen molar-refractivity contribution in [3.05, 3.63) is 78.1 Å². The third-order valence-corrected chi connectivity index (χ3v) is 6.44. The summed E-state index contributed by atoms with van der Waals surface area (Å²) in [5.41, 5.74) is 1.54. The Hall–Kier alpha value is -2.90. The number of rotatable bonds is 8. The van der Waals surface area contributed by atoms with Gasteiger partial charge in [0.25, 0.3) is 0 Å². The van der Waals surface area contributed by atoms with Crippen LogP contribution in [0.1, 0.15) is 17.7 Å². The summed E-state index contributed by atoms with van der Waals surface area (Å²) in [5.74, 6) is 1.33. The molecule has 1 aromatic heterocycles. The zero-order chi connectivity index (χ0) is 20.9. The predicted octanol–water partition coefficient (Wildman–Crippen LogP) is 3.45. The molecule has 0 saturated carbocycles. The van der Waals surface area contributed by atoms with Crippen LogP contribution in [0.25, 0.3) is 11.3 Å². The second-order valence-electron chi connectivity index (χ2n) is 6.80. The van der Waals surface area contributed by atoms with Gasteiger partial charge in [0.2, 0.25) is 15.9 Å². The van der Waals surface area contributed by atoms with Crippen LogP contribution >= 0.6 is 0 Å². The average molecular weight is 413 g/mol. The molecule has 0 unspecified atom stereocenters. The molecule has 152 valence electrons. The van der Waals surface area contributed by atoms with Gasteiger partial charge in [0.1, 0.15) is 11.5 Å². The van der Waals surface area contributed by atoms with Crippen molar-refractivity contribution in [1.29, 1.82) is 0 Å². The first-order chi connectivity index (χ1) is 13.9. The minimum atomic E-state index is -3.57. The fourth-order valence-corrected chi connectivity index (χ4v) is 4.00. The number of hydrogen-bond donors (Lipinski definition) is 1. The van der Waals surface area contributed by atoms with Gasteiger partial charge in [-0.05, 0) is 23.8 Å². The van der Waals surface area contributed by atoms with E-state index < -0.39 is 10.0 Å². The summed E-state index contributed by atoms with van der Waals surface area (Å²) >= 11 is 0. The molecule has 0 saturated heterocycles. The third kappa shape index (κ3) is 5.13. The lowest BCUT2D eigenvalue weighted by Crippen LogP contribution is -2.27. The molecule has 1 heterocycles. The van der Waals surface area contributed by atoms with Gasteiger partial charge in [0.15, 0.2) is 0 Å². The first-order valence-corrected chi connectivity index (χ1v) is 10.7. The summed E-state index contributed by atoms with van der Waals surface area (Å²) in [7, 11) is -0.600. The van der Waals surface area contributed by atoms with E-state index in [0.29, 0.717) is 12.0 Å². The van der Waals surface area contributed by atoms with E-state index in [1.54, 1.807) is 24.3 Å². The first-order valence-electron chi connectivity index (χ1n) is 9.29. The van der Waals surface area contributed by atoms with Crippen molar-refractivity contribution >= 4 is 15.9 Å². The number of carbonyl (C=O) groups excluding carboxylic acids is 1. The summed E-state index contributed by atoms with van der Waals surface area (Å²) in [6, 6.07) is 20.2. The number of aryl methyl sites for hydroxylation is 1. The summed E-state index contributed by atoms with van der Waals surface area (Å²) in [5, 5.41) is 2.80. The van der Waals surface area contributed by atoms with E-state index in [9.17, 15) is 13.2 Å². The van der Waals surface area contributed by atoms with Crippen molar-refractivity contribution in [1.82, 2.24) is 9.62 Å². The Morgan fingerprint density at radius 2 is 1.66 bits per heavy atom. The SMILES string of the molecule is CN(C)S(=O)(=O)c1ccccc1CNC(=O)CCc1ccc(-c2ccccc2)o1. The van der Waals surface area contributed by atoms with E-state index in [1.165, 1.54) is 14.1 Å². The molecule has 3 rings (SSSR count). The topological polar surface area (TPSA) is 79.6 Å². The molecule has 0 aliphatic rings. The number of hydrogen-bond acceptors (Lipinski definition) is 4. The Morgan fingerprint density at radius 1 is 0.966 bits per heavy atom. The van der Waals surface area contributed by atoms with Gasteiger partial charge in [-0.3, -0.25) is 4.79 Å². The highest BCUT2D eigenvalue weighted by molar-refractivity contribution is 7.89. The van der Waals surface area contributed by atoms with Crippen LogP contribution in [0.4, 0.5) is 0 Å². The molecule has 0 radical (unpaired) electrons. The molecule has 0 fully saturated rings. The summed E-state index contributed by atoms with van der Waals surface area (Å²) < 4.78 is 31.8. The zero-order valence-corrected chi connectivity index (χ0v) is 17.3. The Labute approximate surface area is 171 Å². The molecular formula is C22H24N2O4S. The fraction of sp³-hybridized carbons (Fsp3) is 0.227. The van der Waals surface area contributed by atoms with E-state index >= 15 is 0 Å². The number of nitrogens with one attached hydrogen (secondary N) is 1. The van der Waals surface area contributed by atoms with Gasteiger partial charge in [-0.1, -0.05) is 48.5 Å². The van der Waals surface area contributed by atoms with Crippen molar-refractivity contribution < 1.29 is 17.6 Å². The van der Waals surface area contributed by atoms with Crippen molar-refractivity contribution in [2.75, 3.05) is 14.1 Å². The number of carbonyl (C=O) groups is 1. The van der Waals surface area contributed by atoms with Gasteiger partial charge < -0.3 is 9.73 Å². The van der Waals surface area contributed by atoms with Crippen LogP contribution in [0.5, 0.6) is 0 Å². The molecule has 0 aliphatic heterocycles. The van der Waals surface area contributed by atoms with E-state index in [-0.39, 0.29) is 23.8 Å². The van der Waals surface area contributed by atoms with Crippen molar-refractivity contribution in [2.24, 2.45) is 0 Å². The number of nitrogens with zero attached hydrogens (tertiary/aromatic N) is 1. The number of amides is 1. The van der Waals surface area contributed by atoms with Crippen molar-refractivity contribution in [3.8, 4) is 11.3 Å². The molecule has 0 aliphatic carbocycles. The molecule has 7 heteroatoms. The van der Waals surface area contributed by atoms with Crippen molar-refractivity contribution in [3.63, 3.8) is 0 Å². The Kier molecular flexibility index (Phi) is 6.51. The molecule has 0 atom stereocenters. The van der Waals surface area contributed by atoms with E-state index in [0.717, 1.165) is 21.4 Å². The highest BCUT2D eigenvalue weighted by Gasteiger charge is 2.20. The van der Waals surface area contributed by atoms with Gasteiger partial charge >= 0.3 is 0 Å². The van der Waals surface area contributed by atoms with Crippen LogP contribution in [0.3, 0.4) is 0 Å². The lowest BCUT2D eigenvalue weighted by molar-refractivity contribution is -0.121. The Morgan fingerprint density at radius 3 is 2.38 bits per heavy atom. The van der Waals surface area contributed by atoms with Crippen LogP contribution in [-0.4, -0.2) is 32.7 Å². The average Bonchev–Trinajstić information content (AvgIpc) is 3.20.